The fraction of sp³-hybridized carbons (Fsp3) is 0.455. The van der Waals surface area contributed by atoms with E-state index in [0.717, 1.165) is 50.5 Å². The summed E-state index contributed by atoms with van der Waals surface area (Å²) in [4.78, 5) is 9.19. The van der Waals surface area contributed by atoms with Crippen molar-refractivity contribution in [2.75, 3.05) is 31.1 Å². The first kappa shape index (κ1) is 19.7. The standard InChI is InChI=1S/C22H30N6O/c1-4-28-17(2)18(15-24-28)16-26-11-13-27(14-12-26)20-8-6-5-7-19(20)21(29)22-23-9-10-25(22)3/h5-10,15,21,29H,4,11-14,16H2,1-3H3/t21-/m0/s1. The molecular formula is C22H30N6O. The summed E-state index contributed by atoms with van der Waals surface area (Å²) in [6.45, 7) is 9.98. The van der Waals surface area contributed by atoms with E-state index >= 15 is 0 Å². The van der Waals surface area contributed by atoms with Gasteiger partial charge < -0.3 is 14.6 Å². The van der Waals surface area contributed by atoms with Gasteiger partial charge >= 0.3 is 0 Å². The third-order valence-electron chi connectivity index (χ3n) is 5.95. The molecule has 1 fully saturated rings. The van der Waals surface area contributed by atoms with Crippen LogP contribution in [0, 0.1) is 6.92 Å². The molecule has 1 aliphatic heterocycles. The SMILES string of the molecule is CCn1ncc(CN2CCN(c3ccccc3[C@H](O)c3nccn3C)CC2)c1C. The van der Waals surface area contributed by atoms with Crippen LogP contribution in [0.1, 0.15) is 35.7 Å². The first-order valence-electron chi connectivity index (χ1n) is 10.3. The lowest BCUT2D eigenvalue weighted by Gasteiger charge is -2.37. The molecule has 1 N–H and O–H groups in total. The van der Waals surface area contributed by atoms with Crippen molar-refractivity contribution < 1.29 is 5.11 Å². The molecule has 154 valence electrons. The van der Waals surface area contributed by atoms with Gasteiger partial charge in [-0.05, 0) is 19.9 Å². The summed E-state index contributed by atoms with van der Waals surface area (Å²) in [5, 5.41) is 15.4. The Bertz CT molecular complexity index is 954. The number of hydrogen-bond acceptors (Lipinski definition) is 5. The molecule has 1 saturated heterocycles. The van der Waals surface area contributed by atoms with Crippen molar-refractivity contribution in [1.82, 2.24) is 24.2 Å². The summed E-state index contributed by atoms with van der Waals surface area (Å²) in [5.74, 6) is 0.666. The van der Waals surface area contributed by atoms with Gasteiger partial charge in [-0.25, -0.2) is 4.98 Å². The van der Waals surface area contributed by atoms with Gasteiger partial charge in [-0.2, -0.15) is 5.10 Å². The topological polar surface area (TPSA) is 62.4 Å². The van der Waals surface area contributed by atoms with Gasteiger partial charge in [-0.3, -0.25) is 9.58 Å². The van der Waals surface area contributed by atoms with Crippen molar-refractivity contribution in [2.45, 2.75) is 33.0 Å². The number of imidazole rings is 1. The maximum absolute atomic E-state index is 10.9. The Labute approximate surface area is 172 Å². The molecule has 0 amide bonds. The largest absolute Gasteiger partial charge is 0.380 e. The van der Waals surface area contributed by atoms with Crippen LogP contribution >= 0.6 is 0 Å². The number of anilines is 1. The number of benzene rings is 1. The Morgan fingerprint density at radius 2 is 1.90 bits per heavy atom. The van der Waals surface area contributed by atoms with Gasteiger partial charge in [0.15, 0.2) is 0 Å². The van der Waals surface area contributed by atoms with Crippen LogP contribution in [0.2, 0.25) is 0 Å². The summed E-state index contributed by atoms with van der Waals surface area (Å²) in [5.41, 5.74) is 4.58. The molecule has 3 heterocycles. The van der Waals surface area contributed by atoms with Gasteiger partial charge in [-0.1, -0.05) is 18.2 Å². The molecule has 3 aromatic rings. The average Bonchev–Trinajstić information content (AvgIpc) is 3.33. The van der Waals surface area contributed by atoms with Crippen LogP contribution in [0.25, 0.3) is 0 Å². The number of nitrogens with zero attached hydrogens (tertiary/aromatic N) is 6. The zero-order valence-electron chi connectivity index (χ0n) is 17.5. The van der Waals surface area contributed by atoms with Crippen molar-refractivity contribution >= 4 is 5.69 Å². The first-order chi connectivity index (χ1) is 14.1. The van der Waals surface area contributed by atoms with E-state index in [1.165, 1.54) is 11.3 Å². The zero-order chi connectivity index (χ0) is 20.4. The summed E-state index contributed by atoms with van der Waals surface area (Å²) < 4.78 is 3.93. The maximum atomic E-state index is 10.9. The second-order valence-electron chi connectivity index (χ2n) is 7.69. The highest BCUT2D eigenvalue weighted by atomic mass is 16.3. The average molecular weight is 395 g/mol. The Morgan fingerprint density at radius 3 is 2.55 bits per heavy atom. The normalized spacial score (nSPS) is 16.3. The van der Waals surface area contributed by atoms with Crippen LogP contribution in [0.4, 0.5) is 5.69 Å². The van der Waals surface area contributed by atoms with Gasteiger partial charge in [0.2, 0.25) is 0 Å². The van der Waals surface area contributed by atoms with Crippen molar-refractivity contribution in [2.24, 2.45) is 7.05 Å². The quantitative estimate of drug-likeness (QED) is 0.695. The van der Waals surface area contributed by atoms with Crippen LogP contribution in [-0.2, 0) is 20.1 Å². The second-order valence-corrected chi connectivity index (χ2v) is 7.69. The Kier molecular flexibility index (Phi) is 5.69. The highest BCUT2D eigenvalue weighted by Crippen LogP contribution is 2.30. The maximum Gasteiger partial charge on any atom is 0.142 e. The van der Waals surface area contributed by atoms with Crippen molar-refractivity contribution in [1.29, 1.82) is 0 Å². The number of aliphatic hydroxyl groups excluding tert-OH is 1. The smallest absolute Gasteiger partial charge is 0.142 e. The van der Waals surface area contributed by atoms with E-state index in [1.54, 1.807) is 6.20 Å². The van der Waals surface area contributed by atoms with E-state index < -0.39 is 6.10 Å². The lowest BCUT2D eigenvalue weighted by atomic mass is 10.0. The van der Waals surface area contributed by atoms with E-state index in [4.69, 9.17) is 0 Å². The first-order valence-corrected chi connectivity index (χ1v) is 10.3. The third kappa shape index (κ3) is 3.93. The summed E-state index contributed by atoms with van der Waals surface area (Å²) in [6.07, 6.45) is 4.86. The number of hydrogen-bond donors (Lipinski definition) is 1. The fourth-order valence-electron chi connectivity index (χ4n) is 4.13. The molecule has 2 aromatic heterocycles. The van der Waals surface area contributed by atoms with Crippen LogP contribution < -0.4 is 4.90 Å². The monoisotopic (exact) mass is 394 g/mol. The van der Waals surface area contributed by atoms with Crippen LogP contribution in [-0.4, -0.2) is 55.5 Å². The number of aliphatic hydroxyl groups is 1. The van der Waals surface area contributed by atoms with Gasteiger partial charge in [-0.15, -0.1) is 0 Å². The molecule has 7 heteroatoms. The Morgan fingerprint density at radius 1 is 1.14 bits per heavy atom. The highest BCUT2D eigenvalue weighted by Gasteiger charge is 2.24. The number of piperazine rings is 1. The van der Waals surface area contributed by atoms with E-state index in [-0.39, 0.29) is 0 Å². The zero-order valence-corrected chi connectivity index (χ0v) is 17.5. The molecule has 4 rings (SSSR count). The molecule has 0 unspecified atom stereocenters. The molecule has 0 bridgehead atoms. The predicted molar refractivity (Wildman–Crippen MR) is 114 cm³/mol. The predicted octanol–water partition coefficient (Wildman–Crippen LogP) is 2.35. The molecular weight excluding hydrogens is 364 g/mol. The molecule has 1 aliphatic rings. The van der Waals surface area contributed by atoms with Gasteiger partial charge in [0.05, 0.1) is 6.20 Å². The minimum absolute atomic E-state index is 0.666. The lowest BCUT2D eigenvalue weighted by molar-refractivity contribution is 0.205. The molecule has 0 aliphatic carbocycles. The minimum atomic E-state index is -0.730. The molecule has 0 spiro atoms. The third-order valence-corrected chi connectivity index (χ3v) is 5.95. The number of para-hydroxylation sites is 1. The summed E-state index contributed by atoms with van der Waals surface area (Å²) in [7, 11) is 1.91. The molecule has 1 aromatic carbocycles. The molecule has 0 saturated carbocycles. The molecule has 29 heavy (non-hydrogen) atoms. The van der Waals surface area contributed by atoms with Crippen LogP contribution in [0.3, 0.4) is 0 Å². The molecule has 0 radical (unpaired) electrons. The number of aryl methyl sites for hydroxylation is 2. The second kappa shape index (κ2) is 8.39. The molecule has 7 nitrogen and oxygen atoms in total. The summed E-state index contributed by atoms with van der Waals surface area (Å²) in [6, 6.07) is 8.13. The number of rotatable bonds is 6. The van der Waals surface area contributed by atoms with E-state index in [2.05, 4.69) is 44.5 Å². The van der Waals surface area contributed by atoms with E-state index in [1.807, 2.05) is 42.2 Å². The highest BCUT2D eigenvalue weighted by molar-refractivity contribution is 5.56. The number of aromatic nitrogens is 4. The van der Waals surface area contributed by atoms with E-state index in [9.17, 15) is 5.11 Å². The van der Waals surface area contributed by atoms with Crippen molar-refractivity contribution in [3.8, 4) is 0 Å². The fourth-order valence-corrected chi connectivity index (χ4v) is 4.13. The Hall–Kier alpha value is -2.64. The Balaban J connectivity index is 1.45. The molecule has 1 atom stereocenters. The minimum Gasteiger partial charge on any atom is -0.380 e. The van der Waals surface area contributed by atoms with E-state index in [0.29, 0.717) is 5.82 Å². The van der Waals surface area contributed by atoms with Crippen molar-refractivity contribution in [3.05, 3.63) is 65.5 Å². The van der Waals surface area contributed by atoms with Gasteiger partial charge in [0.1, 0.15) is 11.9 Å². The van der Waals surface area contributed by atoms with Crippen LogP contribution in [0.15, 0.2) is 42.9 Å². The van der Waals surface area contributed by atoms with Gasteiger partial charge in [0.25, 0.3) is 0 Å². The van der Waals surface area contributed by atoms with Crippen LogP contribution in [0.5, 0.6) is 0 Å². The lowest BCUT2D eigenvalue weighted by Crippen LogP contribution is -2.46. The van der Waals surface area contributed by atoms with Gasteiger partial charge in [0, 0.05) is 81.2 Å². The summed E-state index contributed by atoms with van der Waals surface area (Å²) >= 11 is 0. The van der Waals surface area contributed by atoms with Crippen molar-refractivity contribution in [3.63, 3.8) is 0 Å².